The lowest BCUT2D eigenvalue weighted by Gasteiger charge is -2.10. The predicted molar refractivity (Wildman–Crippen MR) is 74.1 cm³/mol. The maximum atomic E-state index is 13.5. The van der Waals surface area contributed by atoms with Gasteiger partial charge in [0, 0.05) is 23.0 Å². The molecular formula is C13H10BrClF2N2. The van der Waals surface area contributed by atoms with Crippen LogP contribution in [0.5, 0.6) is 0 Å². The van der Waals surface area contributed by atoms with E-state index in [9.17, 15) is 8.78 Å². The molecular weight excluding hydrogens is 338 g/mol. The van der Waals surface area contributed by atoms with Gasteiger partial charge in [0.1, 0.15) is 0 Å². The Hall–Kier alpha value is -1.07. The number of alkyl halides is 1. The van der Waals surface area contributed by atoms with Crippen molar-refractivity contribution in [3.8, 4) is 11.4 Å². The predicted octanol–water partition coefficient (Wildman–Crippen LogP) is 4.79. The summed E-state index contributed by atoms with van der Waals surface area (Å²) in [6.07, 6.45) is 1.60. The normalized spacial score (nSPS) is 12.5. The van der Waals surface area contributed by atoms with Crippen molar-refractivity contribution in [1.82, 2.24) is 9.97 Å². The summed E-state index contributed by atoms with van der Waals surface area (Å²) in [5.41, 5.74) is 1.92. The molecule has 0 aliphatic heterocycles. The molecule has 19 heavy (non-hydrogen) atoms. The fourth-order valence-corrected chi connectivity index (χ4v) is 2.41. The smallest absolute Gasteiger partial charge is 0.173 e. The lowest BCUT2D eigenvalue weighted by Crippen LogP contribution is -2.00. The van der Waals surface area contributed by atoms with Crippen molar-refractivity contribution in [2.24, 2.45) is 0 Å². The molecule has 0 fully saturated rings. The molecule has 0 aliphatic carbocycles. The molecule has 0 bridgehead atoms. The van der Waals surface area contributed by atoms with E-state index >= 15 is 0 Å². The lowest BCUT2D eigenvalue weighted by molar-refractivity contribution is 0.504. The Kier molecular flexibility index (Phi) is 4.16. The Balaban J connectivity index is 2.55. The summed E-state index contributed by atoms with van der Waals surface area (Å²) < 4.78 is 26.6. The Morgan fingerprint density at radius 3 is 2.58 bits per heavy atom. The first-order valence-electron chi connectivity index (χ1n) is 5.53. The average Bonchev–Trinajstić information content (AvgIpc) is 2.35. The van der Waals surface area contributed by atoms with Crippen LogP contribution in [0.1, 0.15) is 23.6 Å². The van der Waals surface area contributed by atoms with E-state index in [1.165, 1.54) is 6.07 Å². The molecule has 0 aliphatic rings. The molecule has 6 heteroatoms. The first-order chi connectivity index (χ1) is 8.91. The summed E-state index contributed by atoms with van der Waals surface area (Å²) in [6, 6.07) is 2.48. The minimum atomic E-state index is -0.950. The van der Waals surface area contributed by atoms with Gasteiger partial charge in [-0.3, -0.25) is 0 Å². The molecule has 2 nitrogen and oxygen atoms in total. The van der Waals surface area contributed by atoms with Gasteiger partial charge in [-0.1, -0.05) is 0 Å². The van der Waals surface area contributed by atoms with Crippen molar-refractivity contribution < 1.29 is 8.78 Å². The zero-order valence-electron chi connectivity index (χ0n) is 10.2. The third-order valence-electron chi connectivity index (χ3n) is 2.72. The summed E-state index contributed by atoms with van der Waals surface area (Å²) in [7, 11) is 0. The van der Waals surface area contributed by atoms with Crippen LogP contribution in [0.25, 0.3) is 11.4 Å². The number of hydrogen-bond donors (Lipinski definition) is 0. The van der Waals surface area contributed by atoms with Crippen LogP contribution in [0.4, 0.5) is 8.78 Å². The van der Waals surface area contributed by atoms with Gasteiger partial charge in [0.2, 0.25) is 0 Å². The molecule has 1 heterocycles. The topological polar surface area (TPSA) is 25.8 Å². The number of rotatable bonds is 2. The Morgan fingerprint density at radius 1 is 1.32 bits per heavy atom. The number of nitrogens with zero attached hydrogens (tertiary/aromatic N) is 2. The number of hydrogen-bond acceptors (Lipinski definition) is 2. The van der Waals surface area contributed by atoms with Gasteiger partial charge in [-0.15, -0.1) is 11.6 Å². The second kappa shape index (κ2) is 5.51. The molecule has 1 aromatic heterocycles. The number of halogens is 4. The highest BCUT2D eigenvalue weighted by atomic mass is 79.9. The van der Waals surface area contributed by atoms with Gasteiger partial charge in [0.05, 0.1) is 9.85 Å². The van der Waals surface area contributed by atoms with E-state index in [-0.39, 0.29) is 9.85 Å². The van der Waals surface area contributed by atoms with E-state index in [1.54, 1.807) is 13.1 Å². The second-order valence-corrected chi connectivity index (χ2v) is 5.52. The van der Waals surface area contributed by atoms with E-state index in [4.69, 9.17) is 11.6 Å². The quantitative estimate of drug-likeness (QED) is 0.576. The summed E-state index contributed by atoms with van der Waals surface area (Å²) >= 11 is 9.00. The minimum absolute atomic E-state index is 0.0126. The largest absolute Gasteiger partial charge is 0.236 e. The van der Waals surface area contributed by atoms with E-state index < -0.39 is 11.6 Å². The van der Waals surface area contributed by atoms with Crippen LogP contribution < -0.4 is 0 Å². The van der Waals surface area contributed by atoms with Crippen LogP contribution >= 0.6 is 27.5 Å². The van der Waals surface area contributed by atoms with Gasteiger partial charge in [-0.2, -0.15) is 0 Å². The molecule has 1 atom stereocenters. The van der Waals surface area contributed by atoms with Gasteiger partial charge < -0.3 is 0 Å². The highest BCUT2D eigenvalue weighted by Crippen LogP contribution is 2.31. The second-order valence-electron chi connectivity index (χ2n) is 4.07. The fraction of sp³-hybridized carbons (Fsp3) is 0.231. The fourth-order valence-electron chi connectivity index (χ4n) is 1.70. The highest BCUT2D eigenvalue weighted by Gasteiger charge is 2.16. The van der Waals surface area contributed by atoms with Crippen LogP contribution in [0.15, 0.2) is 22.8 Å². The molecule has 0 spiro atoms. The van der Waals surface area contributed by atoms with Crippen LogP contribution in [0, 0.1) is 18.6 Å². The van der Waals surface area contributed by atoms with E-state index in [0.717, 1.165) is 11.6 Å². The van der Waals surface area contributed by atoms with E-state index in [1.807, 2.05) is 6.92 Å². The van der Waals surface area contributed by atoms with Gasteiger partial charge >= 0.3 is 0 Å². The summed E-state index contributed by atoms with van der Waals surface area (Å²) in [5.74, 6) is -1.55. The van der Waals surface area contributed by atoms with Crippen LogP contribution in [0.3, 0.4) is 0 Å². The summed E-state index contributed by atoms with van der Waals surface area (Å²) in [4.78, 5) is 8.43. The van der Waals surface area contributed by atoms with Gasteiger partial charge in [0.15, 0.2) is 17.5 Å². The molecule has 1 unspecified atom stereocenters. The molecule has 0 saturated carbocycles. The molecule has 2 aromatic rings. The van der Waals surface area contributed by atoms with Crippen molar-refractivity contribution in [2.75, 3.05) is 0 Å². The molecule has 100 valence electrons. The Morgan fingerprint density at radius 2 is 2.00 bits per heavy atom. The van der Waals surface area contributed by atoms with Crippen LogP contribution in [0.2, 0.25) is 0 Å². The Bertz CT molecular complexity index is 632. The molecule has 0 saturated heterocycles. The molecule has 2 rings (SSSR count). The molecule has 0 amide bonds. The first kappa shape index (κ1) is 14.3. The first-order valence-corrected chi connectivity index (χ1v) is 6.76. The minimum Gasteiger partial charge on any atom is -0.236 e. The average molecular weight is 348 g/mol. The van der Waals surface area contributed by atoms with Crippen LogP contribution in [-0.2, 0) is 0 Å². The van der Waals surface area contributed by atoms with E-state index in [2.05, 4.69) is 25.9 Å². The molecule has 0 N–H and O–H groups in total. The van der Waals surface area contributed by atoms with Gasteiger partial charge in [-0.25, -0.2) is 18.7 Å². The third kappa shape index (κ3) is 2.77. The Labute approximate surface area is 123 Å². The van der Waals surface area contributed by atoms with Crippen LogP contribution in [-0.4, -0.2) is 9.97 Å². The highest BCUT2D eigenvalue weighted by molar-refractivity contribution is 9.10. The molecule has 0 radical (unpaired) electrons. The summed E-state index contributed by atoms with van der Waals surface area (Å²) in [6.45, 7) is 3.62. The van der Waals surface area contributed by atoms with Crippen molar-refractivity contribution in [3.05, 3.63) is 45.7 Å². The van der Waals surface area contributed by atoms with Crippen molar-refractivity contribution in [3.63, 3.8) is 0 Å². The zero-order valence-corrected chi connectivity index (χ0v) is 12.6. The summed E-state index contributed by atoms with van der Waals surface area (Å²) in [5, 5.41) is -0.206. The number of benzene rings is 1. The number of aromatic nitrogens is 2. The third-order valence-corrected chi connectivity index (χ3v) is 3.73. The maximum absolute atomic E-state index is 13.5. The number of aryl methyl sites for hydroxylation is 1. The van der Waals surface area contributed by atoms with Crippen molar-refractivity contribution >= 4 is 27.5 Å². The SMILES string of the molecule is Cc1nc(-c2ccc(F)c(F)c2Br)ncc1C(C)Cl. The molecule has 1 aromatic carbocycles. The van der Waals surface area contributed by atoms with Crippen molar-refractivity contribution in [1.29, 1.82) is 0 Å². The van der Waals surface area contributed by atoms with E-state index in [0.29, 0.717) is 17.1 Å². The maximum Gasteiger partial charge on any atom is 0.173 e. The zero-order chi connectivity index (χ0) is 14.2. The standard InChI is InChI=1S/C13H10BrClF2N2/c1-6(15)9-5-18-13(19-7(9)2)8-3-4-10(16)12(17)11(8)14/h3-6H,1-2H3. The van der Waals surface area contributed by atoms with Crippen molar-refractivity contribution in [2.45, 2.75) is 19.2 Å². The monoisotopic (exact) mass is 346 g/mol. The van der Waals surface area contributed by atoms with Gasteiger partial charge in [-0.05, 0) is 41.9 Å². The lowest BCUT2D eigenvalue weighted by atomic mass is 10.1. The van der Waals surface area contributed by atoms with Gasteiger partial charge in [0.25, 0.3) is 0 Å².